The van der Waals surface area contributed by atoms with Crippen LogP contribution < -0.4 is 11.3 Å². The zero-order valence-corrected chi connectivity index (χ0v) is 8.99. The van der Waals surface area contributed by atoms with Gasteiger partial charge in [-0.05, 0) is 6.42 Å². The quantitative estimate of drug-likeness (QED) is 0.310. The van der Waals surface area contributed by atoms with Gasteiger partial charge in [-0.1, -0.05) is 6.92 Å². The molecule has 1 amide bonds. The number of carbonyl (C=O) groups excluding carboxylic acids is 1. The van der Waals surface area contributed by atoms with Crippen molar-refractivity contribution in [1.82, 2.24) is 15.2 Å². The van der Waals surface area contributed by atoms with Gasteiger partial charge in [-0.25, -0.2) is 5.84 Å². The van der Waals surface area contributed by atoms with E-state index in [4.69, 9.17) is 10.6 Å². The molecule has 0 atom stereocenters. The van der Waals surface area contributed by atoms with Crippen molar-refractivity contribution in [2.45, 2.75) is 20.0 Å². The lowest BCUT2D eigenvalue weighted by molar-refractivity contribution is 0.0936. The second-order valence-corrected chi connectivity index (χ2v) is 3.15. The van der Waals surface area contributed by atoms with Crippen molar-refractivity contribution in [1.29, 1.82) is 0 Å². The molecular formula is C9H16N4O2. The molecule has 0 bridgehead atoms. The summed E-state index contributed by atoms with van der Waals surface area (Å²) in [6.07, 6.45) is 2.42. The Labute approximate surface area is 88.4 Å². The standard InChI is InChI=1S/C9H16N4O2/c1-3-4-15-6-8-7(9(14)12-10)5-11-13(8)2/h5H,3-4,6,10H2,1-2H3,(H,12,14). The molecular weight excluding hydrogens is 196 g/mol. The van der Waals surface area contributed by atoms with E-state index in [1.165, 1.54) is 6.20 Å². The monoisotopic (exact) mass is 212 g/mol. The molecule has 15 heavy (non-hydrogen) atoms. The average molecular weight is 212 g/mol. The summed E-state index contributed by atoms with van der Waals surface area (Å²) in [6.45, 7) is 3.05. The van der Waals surface area contributed by atoms with E-state index in [1.807, 2.05) is 6.92 Å². The Morgan fingerprint density at radius 1 is 1.73 bits per heavy atom. The predicted molar refractivity (Wildman–Crippen MR) is 54.8 cm³/mol. The molecule has 1 rings (SSSR count). The second-order valence-electron chi connectivity index (χ2n) is 3.15. The van der Waals surface area contributed by atoms with Gasteiger partial charge in [-0.3, -0.25) is 14.9 Å². The van der Waals surface area contributed by atoms with Crippen LogP contribution in [0.1, 0.15) is 29.4 Å². The number of nitrogens with zero attached hydrogens (tertiary/aromatic N) is 2. The summed E-state index contributed by atoms with van der Waals surface area (Å²) in [5.74, 6) is 4.71. The van der Waals surface area contributed by atoms with Crippen molar-refractivity contribution in [2.24, 2.45) is 12.9 Å². The molecule has 1 aromatic rings. The number of hydrogen-bond donors (Lipinski definition) is 2. The van der Waals surface area contributed by atoms with E-state index in [2.05, 4.69) is 10.5 Å². The maximum atomic E-state index is 11.3. The van der Waals surface area contributed by atoms with Gasteiger partial charge in [0, 0.05) is 13.7 Å². The maximum absolute atomic E-state index is 11.3. The molecule has 1 aromatic heterocycles. The lowest BCUT2D eigenvalue weighted by atomic mass is 10.2. The van der Waals surface area contributed by atoms with Gasteiger partial charge < -0.3 is 4.74 Å². The summed E-state index contributed by atoms with van der Waals surface area (Å²) >= 11 is 0. The first-order valence-electron chi connectivity index (χ1n) is 4.80. The van der Waals surface area contributed by atoms with Crippen LogP contribution in [0.4, 0.5) is 0 Å². The van der Waals surface area contributed by atoms with Gasteiger partial charge in [0.25, 0.3) is 5.91 Å². The summed E-state index contributed by atoms with van der Waals surface area (Å²) < 4.78 is 6.97. The summed E-state index contributed by atoms with van der Waals surface area (Å²) in [6, 6.07) is 0. The van der Waals surface area contributed by atoms with Crippen LogP contribution in [0.15, 0.2) is 6.20 Å². The molecule has 3 N–H and O–H groups in total. The number of nitrogens with two attached hydrogens (primary N) is 1. The lowest BCUT2D eigenvalue weighted by Gasteiger charge is -2.05. The molecule has 0 fully saturated rings. The molecule has 0 radical (unpaired) electrons. The number of aromatic nitrogens is 2. The zero-order chi connectivity index (χ0) is 11.3. The molecule has 84 valence electrons. The highest BCUT2D eigenvalue weighted by atomic mass is 16.5. The van der Waals surface area contributed by atoms with E-state index in [1.54, 1.807) is 11.7 Å². The minimum Gasteiger partial charge on any atom is -0.375 e. The van der Waals surface area contributed by atoms with E-state index in [9.17, 15) is 4.79 Å². The molecule has 0 aromatic carbocycles. The predicted octanol–water partition coefficient (Wildman–Crippen LogP) is -0.0498. The van der Waals surface area contributed by atoms with Gasteiger partial charge in [0.05, 0.1) is 24.1 Å². The Kier molecular flexibility index (Phi) is 4.26. The number of carbonyl (C=O) groups is 1. The van der Waals surface area contributed by atoms with Crippen LogP contribution in [0, 0.1) is 0 Å². The fourth-order valence-electron chi connectivity index (χ4n) is 1.21. The van der Waals surface area contributed by atoms with Crippen molar-refractivity contribution in [3.63, 3.8) is 0 Å². The maximum Gasteiger partial charge on any atom is 0.268 e. The summed E-state index contributed by atoms with van der Waals surface area (Å²) in [4.78, 5) is 11.3. The van der Waals surface area contributed by atoms with Crippen molar-refractivity contribution in [3.8, 4) is 0 Å². The molecule has 6 heteroatoms. The van der Waals surface area contributed by atoms with E-state index >= 15 is 0 Å². The van der Waals surface area contributed by atoms with Crippen molar-refractivity contribution in [3.05, 3.63) is 17.5 Å². The highest BCUT2D eigenvalue weighted by molar-refractivity contribution is 5.94. The number of rotatable bonds is 5. The van der Waals surface area contributed by atoms with Gasteiger partial charge in [0.2, 0.25) is 0 Å². The third-order valence-corrected chi connectivity index (χ3v) is 2.02. The van der Waals surface area contributed by atoms with Crippen LogP contribution in [0.3, 0.4) is 0 Å². The first-order chi connectivity index (χ1) is 7.20. The summed E-state index contributed by atoms with van der Waals surface area (Å²) in [7, 11) is 1.76. The molecule has 0 aliphatic rings. The first-order valence-corrected chi connectivity index (χ1v) is 4.80. The van der Waals surface area contributed by atoms with Crippen LogP contribution in [-0.4, -0.2) is 22.3 Å². The molecule has 0 saturated carbocycles. The summed E-state index contributed by atoms with van der Waals surface area (Å²) in [5, 5.41) is 3.98. The normalized spacial score (nSPS) is 10.3. The number of nitrogen functional groups attached to an aromatic ring is 1. The molecule has 0 spiro atoms. The fourth-order valence-corrected chi connectivity index (χ4v) is 1.21. The fraction of sp³-hybridized carbons (Fsp3) is 0.556. The Hall–Kier alpha value is -1.40. The van der Waals surface area contributed by atoms with Crippen LogP contribution >= 0.6 is 0 Å². The Balaban J connectivity index is 2.75. The smallest absolute Gasteiger partial charge is 0.268 e. The zero-order valence-electron chi connectivity index (χ0n) is 8.99. The van der Waals surface area contributed by atoms with E-state index in [-0.39, 0.29) is 5.91 Å². The van der Waals surface area contributed by atoms with Crippen molar-refractivity contribution in [2.75, 3.05) is 6.61 Å². The first kappa shape index (κ1) is 11.7. The highest BCUT2D eigenvalue weighted by Crippen LogP contribution is 2.08. The molecule has 1 heterocycles. The minimum atomic E-state index is -0.349. The number of hydrazine groups is 1. The summed E-state index contributed by atoms with van der Waals surface area (Å²) in [5.41, 5.74) is 3.26. The molecule has 6 nitrogen and oxygen atoms in total. The van der Waals surface area contributed by atoms with Crippen LogP contribution in [-0.2, 0) is 18.4 Å². The number of nitrogens with one attached hydrogen (secondary N) is 1. The van der Waals surface area contributed by atoms with E-state index in [0.717, 1.165) is 12.1 Å². The number of ether oxygens (including phenoxy) is 1. The topological polar surface area (TPSA) is 82.2 Å². The lowest BCUT2D eigenvalue weighted by Crippen LogP contribution is -2.30. The van der Waals surface area contributed by atoms with Crippen molar-refractivity contribution < 1.29 is 9.53 Å². The number of aryl methyl sites for hydroxylation is 1. The van der Waals surface area contributed by atoms with Crippen LogP contribution in [0.25, 0.3) is 0 Å². The van der Waals surface area contributed by atoms with Crippen LogP contribution in [0.5, 0.6) is 0 Å². The largest absolute Gasteiger partial charge is 0.375 e. The van der Waals surface area contributed by atoms with Crippen molar-refractivity contribution >= 4 is 5.91 Å². The van der Waals surface area contributed by atoms with Gasteiger partial charge in [0.1, 0.15) is 0 Å². The molecule has 0 saturated heterocycles. The average Bonchev–Trinajstić information content (AvgIpc) is 2.60. The van der Waals surface area contributed by atoms with Gasteiger partial charge in [0.15, 0.2) is 0 Å². The molecule has 0 unspecified atom stereocenters. The SMILES string of the molecule is CCCOCc1c(C(=O)NN)cnn1C. The number of hydrogen-bond acceptors (Lipinski definition) is 4. The Morgan fingerprint density at radius 2 is 2.47 bits per heavy atom. The van der Waals surface area contributed by atoms with Crippen LogP contribution in [0.2, 0.25) is 0 Å². The van der Waals surface area contributed by atoms with E-state index in [0.29, 0.717) is 18.8 Å². The third-order valence-electron chi connectivity index (χ3n) is 2.02. The minimum absolute atomic E-state index is 0.349. The van der Waals surface area contributed by atoms with Gasteiger partial charge in [-0.2, -0.15) is 5.10 Å². The van der Waals surface area contributed by atoms with E-state index < -0.39 is 0 Å². The Morgan fingerprint density at radius 3 is 3.07 bits per heavy atom. The van der Waals surface area contributed by atoms with Gasteiger partial charge in [-0.15, -0.1) is 0 Å². The highest BCUT2D eigenvalue weighted by Gasteiger charge is 2.14. The third kappa shape index (κ3) is 2.77. The number of amides is 1. The second kappa shape index (κ2) is 5.47. The van der Waals surface area contributed by atoms with Gasteiger partial charge >= 0.3 is 0 Å². The Bertz CT molecular complexity index is 335. The molecule has 0 aliphatic heterocycles. The molecule has 0 aliphatic carbocycles.